The molecular formula is C10H22N2O3S. The molecule has 0 unspecified atom stereocenters. The lowest BCUT2D eigenvalue weighted by molar-refractivity contribution is -0.120. The standard InChI is InChI=1S/C10H22N2O3S/c1-9(2)8-16(14,15)7-4-10(13)12-6-5-11-3/h9,11H,4-8H2,1-3H3,(H,12,13). The van der Waals surface area contributed by atoms with Gasteiger partial charge < -0.3 is 10.6 Å². The molecule has 96 valence electrons. The van der Waals surface area contributed by atoms with Crippen molar-refractivity contribution in [3.05, 3.63) is 0 Å². The van der Waals surface area contributed by atoms with Crippen molar-refractivity contribution >= 4 is 15.7 Å². The predicted molar refractivity (Wildman–Crippen MR) is 65.0 cm³/mol. The van der Waals surface area contributed by atoms with Crippen LogP contribution in [0.4, 0.5) is 0 Å². The molecule has 0 radical (unpaired) electrons. The maximum Gasteiger partial charge on any atom is 0.221 e. The maximum atomic E-state index is 11.5. The van der Waals surface area contributed by atoms with E-state index in [-0.39, 0.29) is 29.8 Å². The molecule has 0 bridgehead atoms. The molecule has 0 saturated carbocycles. The van der Waals surface area contributed by atoms with Crippen LogP contribution >= 0.6 is 0 Å². The minimum atomic E-state index is -3.08. The highest BCUT2D eigenvalue weighted by Crippen LogP contribution is 2.02. The first-order valence-corrected chi connectivity index (χ1v) is 7.31. The third kappa shape index (κ3) is 8.67. The molecule has 0 fully saturated rings. The molecule has 0 saturated heterocycles. The van der Waals surface area contributed by atoms with Crippen LogP contribution < -0.4 is 10.6 Å². The smallest absolute Gasteiger partial charge is 0.221 e. The SMILES string of the molecule is CNCCNC(=O)CCS(=O)(=O)CC(C)C. The highest BCUT2D eigenvalue weighted by Gasteiger charge is 2.14. The molecule has 0 aliphatic heterocycles. The Kier molecular flexibility index (Phi) is 7.33. The van der Waals surface area contributed by atoms with Crippen LogP contribution in [0.1, 0.15) is 20.3 Å². The van der Waals surface area contributed by atoms with Gasteiger partial charge in [-0.2, -0.15) is 0 Å². The molecule has 0 heterocycles. The van der Waals surface area contributed by atoms with E-state index in [0.717, 1.165) is 0 Å². The van der Waals surface area contributed by atoms with Crippen LogP contribution in [0.5, 0.6) is 0 Å². The largest absolute Gasteiger partial charge is 0.355 e. The van der Waals surface area contributed by atoms with Gasteiger partial charge in [0.15, 0.2) is 9.84 Å². The van der Waals surface area contributed by atoms with E-state index in [1.54, 1.807) is 7.05 Å². The second-order valence-electron chi connectivity index (χ2n) is 4.21. The highest BCUT2D eigenvalue weighted by molar-refractivity contribution is 7.91. The number of hydrogen-bond acceptors (Lipinski definition) is 4. The van der Waals surface area contributed by atoms with Gasteiger partial charge in [-0.15, -0.1) is 0 Å². The zero-order valence-electron chi connectivity index (χ0n) is 10.2. The fraction of sp³-hybridized carbons (Fsp3) is 0.900. The fourth-order valence-corrected chi connectivity index (χ4v) is 2.93. The average molecular weight is 250 g/mol. The van der Waals surface area contributed by atoms with Crippen molar-refractivity contribution in [2.24, 2.45) is 5.92 Å². The van der Waals surface area contributed by atoms with Gasteiger partial charge >= 0.3 is 0 Å². The van der Waals surface area contributed by atoms with Gasteiger partial charge in [-0.1, -0.05) is 13.8 Å². The summed E-state index contributed by atoms with van der Waals surface area (Å²) in [5, 5.41) is 5.53. The monoisotopic (exact) mass is 250 g/mol. The van der Waals surface area contributed by atoms with Crippen LogP contribution in [-0.2, 0) is 14.6 Å². The fourth-order valence-electron chi connectivity index (χ4n) is 1.25. The van der Waals surface area contributed by atoms with Crippen molar-refractivity contribution in [3.8, 4) is 0 Å². The minimum absolute atomic E-state index is 0.0543. The van der Waals surface area contributed by atoms with Gasteiger partial charge in [0.25, 0.3) is 0 Å². The predicted octanol–water partition coefficient (Wildman–Crippen LogP) is -0.217. The van der Waals surface area contributed by atoms with Crippen molar-refractivity contribution in [2.45, 2.75) is 20.3 Å². The van der Waals surface area contributed by atoms with Gasteiger partial charge in [-0.05, 0) is 13.0 Å². The summed E-state index contributed by atoms with van der Waals surface area (Å²) >= 11 is 0. The lowest BCUT2D eigenvalue weighted by atomic mass is 10.3. The van der Waals surface area contributed by atoms with Crippen molar-refractivity contribution in [1.29, 1.82) is 0 Å². The zero-order valence-corrected chi connectivity index (χ0v) is 11.1. The maximum absolute atomic E-state index is 11.5. The van der Waals surface area contributed by atoms with E-state index in [0.29, 0.717) is 13.1 Å². The molecule has 0 aliphatic carbocycles. The van der Waals surface area contributed by atoms with Crippen molar-refractivity contribution in [3.63, 3.8) is 0 Å². The summed E-state index contributed by atoms with van der Waals surface area (Å²) in [7, 11) is -1.29. The number of hydrogen-bond donors (Lipinski definition) is 2. The van der Waals surface area contributed by atoms with Crippen LogP contribution in [0.3, 0.4) is 0 Å². The number of amides is 1. The van der Waals surface area contributed by atoms with Crippen LogP contribution in [0.2, 0.25) is 0 Å². The first-order valence-electron chi connectivity index (χ1n) is 5.49. The molecule has 2 N–H and O–H groups in total. The van der Waals surface area contributed by atoms with E-state index in [9.17, 15) is 13.2 Å². The molecule has 16 heavy (non-hydrogen) atoms. The zero-order chi connectivity index (χ0) is 12.6. The Bertz CT molecular complexity index is 299. The average Bonchev–Trinajstić information content (AvgIpc) is 2.13. The second-order valence-corrected chi connectivity index (χ2v) is 6.44. The number of carbonyl (C=O) groups excluding carboxylic acids is 1. The number of rotatable bonds is 8. The topological polar surface area (TPSA) is 75.3 Å². The summed E-state index contributed by atoms with van der Waals surface area (Å²) in [5.74, 6) is -0.00665. The van der Waals surface area contributed by atoms with Crippen molar-refractivity contribution < 1.29 is 13.2 Å². The lowest BCUT2D eigenvalue weighted by Gasteiger charge is -2.07. The van der Waals surface area contributed by atoms with E-state index in [1.807, 2.05) is 13.8 Å². The van der Waals surface area contributed by atoms with Gasteiger partial charge in [-0.3, -0.25) is 4.79 Å². The van der Waals surface area contributed by atoms with Crippen LogP contribution in [0, 0.1) is 5.92 Å². The summed E-state index contributed by atoms with van der Waals surface area (Å²) in [5.41, 5.74) is 0. The molecule has 0 aromatic heterocycles. The molecule has 0 atom stereocenters. The van der Waals surface area contributed by atoms with Crippen LogP contribution in [0.25, 0.3) is 0 Å². The Morgan fingerprint density at radius 2 is 1.88 bits per heavy atom. The first-order chi connectivity index (χ1) is 7.37. The molecular weight excluding hydrogens is 228 g/mol. The Hall–Kier alpha value is -0.620. The summed E-state index contributed by atoms with van der Waals surface area (Å²) in [4.78, 5) is 11.2. The quantitative estimate of drug-likeness (QED) is 0.584. The summed E-state index contributed by atoms with van der Waals surface area (Å²) in [6.45, 7) is 4.92. The van der Waals surface area contributed by atoms with E-state index < -0.39 is 9.84 Å². The third-order valence-electron chi connectivity index (χ3n) is 1.92. The lowest BCUT2D eigenvalue weighted by Crippen LogP contribution is -2.31. The minimum Gasteiger partial charge on any atom is -0.355 e. The van der Waals surface area contributed by atoms with Crippen LogP contribution in [-0.4, -0.2) is 46.0 Å². The van der Waals surface area contributed by atoms with E-state index in [1.165, 1.54) is 0 Å². The Morgan fingerprint density at radius 1 is 1.25 bits per heavy atom. The molecule has 0 aromatic carbocycles. The van der Waals surface area contributed by atoms with Crippen molar-refractivity contribution in [1.82, 2.24) is 10.6 Å². The molecule has 6 heteroatoms. The van der Waals surface area contributed by atoms with E-state index in [2.05, 4.69) is 10.6 Å². The molecule has 0 aliphatic rings. The highest BCUT2D eigenvalue weighted by atomic mass is 32.2. The third-order valence-corrected chi connectivity index (χ3v) is 3.93. The molecule has 0 aromatic rings. The van der Waals surface area contributed by atoms with Crippen LogP contribution in [0.15, 0.2) is 0 Å². The van der Waals surface area contributed by atoms with Gasteiger partial charge in [-0.25, -0.2) is 8.42 Å². The Labute approximate surface area is 97.9 Å². The number of likely N-dealkylation sites (N-methyl/N-ethyl adjacent to an activating group) is 1. The normalized spacial score (nSPS) is 11.8. The van der Waals surface area contributed by atoms with Gasteiger partial charge in [0.05, 0.1) is 11.5 Å². The number of nitrogens with one attached hydrogen (secondary N) is 2. The molecule has 5 nitrogen and oxygen atoms in total. The molecule has 1 amide bonds. The van der Waals surface area contributed by atoms with Crippen molar-refractivity contribution in [2.75, 3.05) is 31.6 Å². The number of sulfone groups is 1. The van der Waals surface area contributed by atoms with E-state index >= 15 is 0 Å². The summed E-state index contributed by atoms with van der Waals surface area (Å²) in [6.07, 6.45) is 0.0543. The molecule has 0 rings (SSSR count). The second kappa shape index (κ2) is 7.62. The van der Waals surface area contributed by atoms with Gasteiger partial charge in [0.2, 0.25) is 5.91 Å². The number of carbonyl (C=O) groups is 1. The summed E-state index contributed by atoms with van der Waals surface area (Å²) < 4.78 is 23.0. The Morgan fingerprint density at radius 3 is 2.38 bits per heavy atom. The van der Waals surface area contributed by atoms with E-state index in [4.69, 9.17) is 0 Å². The van der Waals surface area contributed by atoms with Gasteiger partial charge in [0.1, 0.15) is 0 Å². The Balaban J connectivity index is 3.82. The van der Waals surface area contributed by atoms with Gasteiger partial charge in [0, 0.05) is 19.5 Å². The first kappa shape index (κ1) is 15.4. The molecule has 0 spiro atoms. The summed E-state index contributed by atoms with van der Waals surface area (Å²) in [6, 6.07) is 0.